The third kappa shape index (κ3) is 1.76. The molecule has 0 spiro atoms. The smallest absolute Gasteiger partial charge is 0.209 e. The second kappa shape index (κ2) is 4.17. The van der Waals surface area contributed by atoms with Crippen LogP contribution in [0.25, 0.3) is 0 Å². The van der Waals surface area contributed by atoms with Crippen LogP contribution in [0.1, 0.15) is 39.7 Å². The van der Waals surface area contributed by atoms with Crippen LogP contribution in [0.15, 0.2) is 18.2 Å². The first-order valence-corrected chi connectivity index (χ1v) is 6.32. The molecule has 0 aliphatic carbocycles. The number of methoxy groups -OCH3 is 1. The Labute approximate surface area is 104 Å². The molecule has 1 aliphatic rings. The van der Waals surface area contributed by atoms with E-state index in [1.807, 2.05) is 0 Å². The van der Waals surface area contributed by atoms with E-state index in [2.05, 4.69) is 50.5 Å². The van der Waals surface area contributed by atoms with Gasteiger partial charge in [0.1, 0.15) is 12.3 Å². The second-order valence-corrected chi connectivity index (χ2v) is 5.25. The summed E-state index contributed by atoms with van der Waals surface area (Å²) in [5.74, 6) is 0.947. The van der Waals surface area contributed by atoms with Crippen LogP contribution in [0.2, 0.25) is 0 Å². The molecule has 0 saturated carbocycles. The minimum absolute atomic E-state index is 0.110. The van der Waals surface area contributed by atoms with Gasteiger partial charge in [-0.15, -0.1) is 0 Å². The molecule has 0 radical (unpaired) electrons. The van der Waals surface area contributed by atoms with E-state index in [0.29, 0.717) is 0 Å². The van der Waals surface area contributed by atoms with Crippen molar-refractivity contribution in [3.8, 4) is 5.75 Å². The number of hydrogen-bond donors (Lipinski definition) is 0. The summed E-state index contributed by atoms with van der Waals surface area (Å²) in [6, 6.07) is 6.41. The van der Waals surface area contributed by atoms with Crippen molar-refractivity contribution < 1.29 is 9.31 Å². The van der Waals surface area contributed by atoms with Gasteiger partial charge in [-0.25, -0.2) is 0 Å². The molecule has 0 bridgehead atoms. The van der Waals surface area contributed by atoms with Gasteiger partial charge in [0.05, 0.1) is 12.5 Å². The van der Waals surface area contributed by atoms with E-state index in [4.69, 9.17) is 4.74 Å². The van der Waals surface area contributed by atoms with E-state index in [-0.39, 0.29) is 5.41 Å². The number of fused-ring (bicyclic) bond motifs is 1. The van der Waals surface area contributed by atoms with Crippen molar-refractivity contribution in [3.05, 3.63) is 23.8 Å². The molecule has 0 aromatic heterocycles. The summed E-state index contributed by atoms with van der Waals surface area (Å²) >= 11 is 0. The summed E-state index contributed by atoms with van der Waals surface area (Å²) in [5, 5.41) is 0. The Hall–Kier alpha value is -1.31. The Balaban J connectivity index is 2.58. The van der Waals surface area contributed by atoms with Gasteiger partial charge in [0.2, 0.25) is 5.69 Å². The van der Waals surface area contributed by atoms with Crippen molar-refractivity contribution in [2.45, 2.75) is 39.5 Å². The molecule has 1 aliphatic heterocycles. The molecular formula is C15H22NO+. The van der Waals surface area contributed by atoms with Gasteiger partial charge in [-0.3, -0.25) is 0 Å². The van der Waals surface area contributed by atoms with Crippen LogP contribution in [0, 0.1) is 0 Å². The molecule has 92 valence electrons. The Morgan fingerprint density at radius 1 is 1.29 bits per heavy atom. The fourth-order valence-corrected chi connectivity index (χ4v) is 2.60. The van der Waals surface area contributed by atoms with Crippen LogP contribution in [-0.2, 0) is 5.41 Å². The van der Waals surface area contributed by atoms with Crippen LogP contribution < -0.4 is 4.74 Å². The minimum atomic E-state index is 0.110. The fourth-order valence-electron chi connectivity index (χ4n) is 2.60. The zero-order valence-corrected chi connectivity index (χ0v) is 11.5. The number of nitrogens with zero attached hydrogens (tertiary/aromatic N) is 1. The third-order valence-corrected chi connectivity index (χ3v) is 3.92. The lowest BCUT2D eigenvalue weighted by molar-refractivity contribution is -0.438. The van der Waals surface area contributed by atoms with Crippen molar-refractivity contribution in [1.29, 1.82) is 0 Å². The van der Waals surface area contributed by atoms with Gasteiger partial charge in [0, 0.05) is 25.0 Å². The minimum Gasteiger partial charge on any atom is -0.497 e. The van der Waals surface area contributed by atoms with Crippen molar-refractivity contribution in [1.82, 2.24) is 0 Å². The second-order valence-electron chi connectivity index (χ2n) is 5.25. The molecule has 17 heavy (non-hydrogen) atoms. The average molecular weight is 232 g/mol. The summed E-state index contributed by atoms with van der Waals surface area (Å²) in [7, 11) is 1.73. The van der Waals surface area contributed by atoms with Crippen LogP contribution in [0.5, 0.6) is 5.75 Å². The van der Waals surface area contributed by atoms with Crippen LogP contribution in [-0.4, -0.2) is 23.9 Å². The van der Waals surface area contributed by atoms with E-state index in [1.54, 1.807) is 7.11 Å². The molecular weight excluding hydrogens is 210 g/mol. The highest BCUT2D eigenvalue weighted by molar-refractivity contribution is 5.93. The Morgan fingerprint density at radius 3 is 2.59 bits per heavy atom. The van der Waals surface area contributed by atoms with Gasteiger partial charge >= 0.3 is 0 Å². The maximum Gasteiger partial charge on any atom is 0.209 e. The zero-order chi connectivity index (χ0) is 12.6. The highest BCUT2D eigenvalue weighted by atomic mass is 16.5. The predicted molar refractivity (Wildman–Crippen MR) is 71.8 cm³/mol. The Morgan fingerprint density at radius 2 is 2.00 bits per heavy atom. The van der Waals surface area contributed by atoms with Crippen LogP contribution in [0.4, 0.5) is 5.69 Å². The molecule has 0 saturated heterocycles. The largest absolute Gasteiger partial charge is 0.497 e. The van der Waals surface area contributed by atoms with E-state index in [9.17, 15) is 0 Å². The number of ether oxygens (including phenoxy) is 1. The molecule has 2 rings (SSSR count). The number of rotatable bonds is 3. The molecule has 1 aromatic rings. The summed E-state index contributed by atoms with van der Waals surface area (Å²) in [6.45, 7) is 10.1. The van der Waals surface area contributed by atoms with E-state index in [1.165, 1.54) is 23.4 Å². The van der Waals surface area contributed by atoms with Crippen LogP contribution in [0.3, 0.4) is 0 Å². The summed E-state index contributed by atoms with van der Waals surface area (Å²) in [5.41, 5.74) is 4.26. The van der Waals surface area contributed by atoms with E-state index < -0.39 is 0 Å². The van der Waals surface area contributed by atoms with E-state index >= 15 is 0 Å². The normalized spacial score (nSPS) is 17.2. The highest BCUT2D eigenvalue weighted by Crippen LogP contribution is 2.41. The van der Waals surface area contributed by atoms with Gasteiger partial charge in [0.25, 0.3) is 0 Å². The fraction of sp³-hybridized carbons (Fsp3) is 0.533. The Bertz CT molecular complexity index is 472. The topological polar surface area (TPSA) is 12.2 Å². The van der Waals surface area contributed by atoms with Crippen molar-refractivity contribution in [2.75, 3.05) is 13.7 Å². The average Bonchev–Trinajstić information content (AvgIpc) is 2.51. The highest BCUT2D eigenvalue weighted by Gasteiger charge is 2.42. The van der Waals surface area contributed by atoms with E-state index in [0.717, 1.165) is 12.3 Å². The van der Waals surface area contributed by atoms with Crippen molar-refractivity contribution >= 4 is 11.4 Å². The molecule has 1 aromatic carbocycles. The molecule has 1 heterocycles. The zero-order valence-electron chi connectivity index (χ0n) is 11.5. The van der Waals surface area contributed by atoms with Gasteiger partial charge < -0.3 is 4.74 Å². The SMILES string of the molecule is CCC[N+]1=C(C)C(C)(C)c2cc(OC)ccc21. The molecule has 0 atom stereocenters. The van der Waals surface area contributed by atoms with Gasteiger partial charge in [-0.2, -0.15) is 4.58 Å². The number of hydrogen-bond acceptors (Lipinski definition) is 1. The maximum absolute atomic E-state index is 5.34. The standard InChI is InChI=1S/C15H22NO/c1-6-9-16-11(2)15(3,4)13-10-12(17-5)7-8-14(13)16/h7-8,10H,6,9H2,1-5H3/q+1. The lowest BCUT2D eigenvalue weighted by Crippen LogP contribution is -2.26. The lowest BCUT2D eigenvalue weighted by Gasteiger charge is -2.15. The Kier molecular flexibility index (Phi) is 2.98. The van der Waals surface area contributed by atoms with Gasteiger partial charge in [0.15, 0.2) is 5.71 Å². The maximum atomic E-state index is 5.34. The summed E-state index contributed by atoms with van der Waals surface area (Å²) in [6.07, 6.45) is 1.17. The predicted octanol–water partition coefficient (Wildman–Crippen LogP) is 3.50. The van der Waals surface area contributed by atoms with Crippen LogP contribution >= 0.6 is 0 Å². The molecule has 0 N–H and O–H groups in total. The summed E-state index contributed by atoms with van der Waals surface area (Å²) in [4.78, 5) is 0. The monoisotopic (exact) mass is 232 g/mol. The molecule has 0 unspecified atom stereocenters. The molecule has 0 fully saturated rings. The first kappa shape index (κ1) is 12.2. The van der Waals surface area contributed by atoms with Crippen molar-refractivity contribution in [2.24, 2.45) is 0 Å². The van der Waals surface area contributed by atoms with Crippen molar-refractivity contribution in [3.63, 3.8) is 0 Å². The van der Waals surface area contributed by atoms with Gasteiger partial charge in [-0.1, -0.05) is 6.92 Å². The third-order valence-electron chi connectivity index (χ3n) is 3.92. The first-order chi connectivity index (χ1) is 8.02. The summed E-state index contributed by atoms with van der Waals surface area (Å²) < 4.78 is 7.77. The quantitative estimate of drug-likeness (QED) is 0.726. The van der Waals surface area contributed by atoms with Gasteiger partial charge in [-0.05, 0) is 26.0 Å². The molecule has 0 amide bonds. The molecule has 2 heteroatoms. The first-order valence-electron chi connectivity index (χ1n) is 6.32. The number of benzene rings is 1. The molecule has 2 nitrogen and oxygen atoms in total. The lowest BCUT2D eigenvalue weighted by atomic mass is 9.82.